The summed E-state index contributed by atoms with van der Waals surface area (Å²) in [5.74, 6) is -0.00389. The summed E-state index contributed by atoms with van der Waals surface area (Å²) in [5.41, 5.74) is 0. The predicted octanol–water partition coefficient (Wildman–Crippen LogP) is -0.397. The molecule has 2 N–H and O–H groups in total. The highest BCUT2D eigenvalue weighted by atomic mass is 16.3. The Morgan fingerprint density at radius 2 is 2.38 bits per heavy atom. The highest BCUT2D eigenvalue weighted by molar-refractivity contribution is 5.78. The molecule has 0 aliphatic rings. The fourth-order valence-corrected chi connectivity index (χ4v) is 0.938. The molecule has 76 valence electrons. The Balaban J connectivity index is 3.87. The number of hydrogen-bond acceptors (Lipinski definition) is 3. The maximum absolute atomic E-state index is 11.4. The zero-order chi connectivity index (χ0) is 10.1. The van der Waals surface area contributed by atoms with E-state index in [0.29, 0.717) is 19.6 Å². The van der Waals surface area contributed by atoms with Crippen LogP contribution in [-0.4, -0.2) is 48.7 Å². The van der Waals surface area contributed by atoms with Crippen molar-refractivity contribution in [2.45, 2.75) is 6.92 Å². The second kappa shape index (κ2) is 7.76. The van der Waals surface area contributed by atoms with Crippen molar-refractivity contribution in [3.05, 3.63) is 12.7 Å². The van der Waals surface area contributed by atoms with Gasteiger partial charge in [-0.3, -0.25) is 4.79 Å². The van der Waals surface area contributed by atoms with Crippen molar-refractivity contribution in [1.29, 1.82) is 0 Å². The maximum atomic E-state index is 11.4. The molecule has 0 spiro atoms. The molecule has 0 atom stereocenters. The smallest absolute Gasteiger partial charge is 0.236 e. The average Bonchev–Trinajstić information content (AvgIpc) is 2.14. The van der Waals surface area contributed by atoms with Crippen LogP contribution in [-0.2, 0) is 4.79 Å². The van der Waals surface area contributed by atoms with Gasteiger partial charge in [-0.05, 0) is 6.54 Å². The summed E-state index contributed by atoms with van der Waals surface area (Å²) in [6.45, 7) is 7.44. The van der Waals surface area contributed by atoms with E-state index < -0.39 is 0 Å². The third-order valence-electron chi connectivity index (χ3n) is 1.60. The Hall–Kier alpha value is -0.870. The van der Waals surface area contributed by atoms with Crippen molar-refractivity contribution in [3.63, 3.8) is 0 Å². The van der Waals surface area contributed by atoms with E-state index in [1.807, 2.05) is 6.92 Å². The quantitative estimate of drug-likeness (QED) is 0.532. The normalized spacial score (nSPS) is 9.69. The number of carbonyl (C=O) groups is 1. The highest BCUT2D eigenvalue weighted by Crippen LogP contribution is 1.88. The topological polar surface area (TPSA) is 52.6 Å². The molecule has 0 rings (SSSR count). The van der Waals surface area contributed by atoms with E-state index >= 15 is 0 Å². The lowest BCUT2D eigenvalue weighted by atomic mass is 10.4. The van der Waals surface area contributed by atoms with Crippen LogP contribution >= 0.6 is 0 Å². The standard InChI is InChI=1S/C9H18N2O2/c1-3-5-11(6-7-12)9(13)8-10-4-2/h3,10,12H,1,4-8H2,2H3. The predicted molar refractivity (Wildman–Crippen MR) is 52.4 cm³/mol. The number of nitrogens with one attached hydrogen (secondary N) is 1. The minimum absolute atomic E-state index is 0.00389. The van der Waals surface area contributed by atoms with Gasteiger partial charge in [0.1, 0.15) is 0 Å². The van der Waals surface area contributed by atoms with E-state index in [1.54, 1.807) is 11.0 Å². The molecular weight excluding hydrogens is 168 g/mol. The number of aliphatic hydroxyl groups is 1. The van der Waals surface area contributed by atoms with Crippen LogP contribution in [0.25, 0.3) is 0 Å². The monoisotopic (exact) mass is 186 g/mol. The van der Waals surface area contributed by atoms with Crippen molar-refractivity contribution in [2.24, 2.45) is 0 Å². The van der Waals surface area contributed by atoms with Crippen LogP contribution in [0.1, 0.15) is 6.92 Å². The Morgan fingerprint density at radius 1 is 1.69 bits per heavy atom. The van der Waals surface area contributed by atoms with Gasteiger partial charge in [0, 0.05) is 13.1 Å². The molecule has 4 heteroatoms. The molecule has 1 amide bonds. The van der Waals surface area contributed by atoms with Gasteiger partial charge in [0.25, 0.3) is 0 Å². The molecule has 0 heterocycles. The van der Waals surface area contributed by atoms with Gasteiger partial charge in [0.2, 0.25) is 5.91 Å². The highest BCUT2D eigenvalue weighted by Gasteiger charge is 2.09. The summed E-state index contributed by atoms with van der Waals surface area (Å²) in [6.07, 6.45) is 1.65. The first-order chi connectivity index (χ1) is 6.26. The van der Waals surface area contributed by atoms with E-state index in [2.05, 4.69) is 11.9 Å². The average molecular weight is 186 g/mol. The minimum Gasteiger partial charge on any atom is -0.395 e. The van der Waals surface area contributed by atoms with Crippen LogP contribution < -0.4 is 5.32 Å². The van der Waals surface area contributed by atoms with Crippen molar-refractivity contribution in [3.8, 4) is 0 Å². The third kappa shape index (κ3) is 5.38. The summed E-state index contributed by atoms with van der Waals surface area (Å²) in [5, 5.41) is 11.6. The lowest BCUT2D eigenvalue weighted by Gasteiger charge is -2.19. The van der Waals surface area contributed by atoms with E-state index in [0.717, 1.165) is 6.54 Å². The Bertz CT molecular complexity index is 160. The van der Waals surface area contributed by atoms with Crippen LogP contribution in [0.2, 0.25) is 0 Å². The summed E-state index contributed by atoms with van der Waals surface area (Å²) in [7, 11) is 0. The maximum Gasteiger partial charge on any atom is 0.236 e. The second-order valence-corrected chi connectivity index (χ2v) is 2.63. The van der Waals surface area contributed by atoms with Crippen LogP contribution in [0.4, 0.5) is 0 Å². The molecule has 0 radical (unpaired) electrons. The van der Waals surface area contributed by atoms with Crippen LogP contribution in [0.5, 0.6) is 0 Å². The largest absolute Gasteiger partial charge is 0.395 e. The molecule has 0 bridgehead atoms. The van der Waals surface area contributed by atoms with Crippen LogP contribution in [0.3, 0.4) is 0 Å². The van der Waals surface area contributed by atoms with Crippen LogP contribution in [0.15, 0.2) is 12.7 Å². The zero-order valence-corrected chi connectivity index (χ0v) is 8.12. The lowest BCUT2D eigenvalue weighted by molar-refractivity contribution is -0.130. The van der Waals surface area contributed by atoms with E-state index in [9.17, 15) is 4.79 Å². The Kier molecular flexibility index (Phi) is 7.24. The first-order valence-electron chi connectivity index (χ1n) is 4.46. The van der Waals surface area contributed by atoms with Gasteiger partial charge in [-0.15, -0.1) is 6.58 Å². The zero-order valence-electron chi connectivity index (χ0n) is 8.12. The summed E-state index contributed by atoms with van der Waals surface area (Å²) in [4.78, 5) is 13.0. The van der Waals surface area contributed by atoms with E-state index in [1.165, 1.54) is 0 Å². The van der Waals surface area contributed by atoms with Gasteiger partial charge in [-0.2, -0.15) is 0 Å². The first-order valence-corrected chi connectivity index (χ1v) is 4.46. The molecule has 0 saturated carbocycles. The molecule has 0 fully saturated rings. The Labute approximate surface area is 79.2 Å². The van der Waals surface area contributed by atoms with Gasteiger partial charge >= 0.3 is 0 Å². The number of likely N-dealkylation sites (N-methyl/N-ethyl adjacent to an activating group) is 1. The fourth-order valence-electron chi connectivity index (χ4n) is 0.938. The van der Waals surface area contributed by atoms with Crippen molar-refractivity contribution < 1.29 is 9.90 Å². The molecule has 0 aromatic heterocycles. The minimum atomic E-state index is -0.00823. The van der Waals surface area contributed by atoms with Crippen molar-refractivity contribution in [2.75, 3.05) is 32.8 Å². The van der Waals surface area contributed by atoms with Crippen molar-refractivity contribution in [1.82, 2.24) is 10.2 Å². The van der Waals surface area contributed by atoms with Gasteiger partial charge in [-0.25, -0.2) is 0 Å². The molecule has 0 aliphatic heterocycles. The van der Waals surface area contributed by atoms with Crippen LogP contribution in [0, 0.1) is 0 Å². The summed E-state index contributed by atoms with van der Waals surface area (Å²) >= 11 is 0. The molecule has 0 aromatic rings. The second-order valence-electron chi connectivity index (χ2n) is 2.63. The van der Waals surface area contributed by atoms with Gasteiger partial charge in [0.05, 0.1) is 13.2 Å². The van der Waals surface area contributed by atoms with Crippen molar-refractivity contribution >= 4 is 5.91 Å². The molecule has 0 aliphatic carbocycles. The van der Waals surface area contributed by atoms with E-state index in [-0.39, 0.29) is 12.5 Å². The fraction of sp³-hybridized carbons (Fsp3) is 0.667. The number of rotatable bonds is 7. The number of carbonyl (C=O) groups excluding carboxylic acids is 1. The number of aliphatic hydroxyl groups excluding tert-OH is 1. The first kappa shape index (κ1) is 12.1. The molecule has 0 unspecified atom stereocenters. The van der Waals surface area contributed by atoms with Gasteiger partial charge < -0.3 is 15.3 Å². The number of amides is 1. The molecule has 13 heavy (non-hydrogen) atoms. The molecule has 0 aromatic carbocycles. The number of hydrogen-bond donors (Lipinski definition) is 2. The SMILES string of the molecule is C=CCN(CCO)C(=O)CNCC. The summed E-state index contributed by atoms with van der Waals surface area (Å²) in [6, 6.07) is 0. The lowest BCUT2D eigenvalue weighted by Crippen LogP contribution is -2.39. The summed E-state index contributed by atoms with van der Waals surface area (Å²) < 4.78 is 0. The molecule has 4 nitrogen and oxygen atoms in total. The molecular formula is C9H18N2O2. The third-order valence-corrected chi connectivity index (χ3v) is 1.60. The van der Waals surface area contributed by atoms with E-state index in [4.69, 9.17) is 5.11 Å². The van der Waals surface area contributed by atoms with Gasteiger partial charge in [0.15, 0.2) is 0 Å². The van der Waals surface area contributed by atoms with Gasteiger partial charge in [-0.1, -0.05) is 13.0 Å². The Morgan fingerprint density at radius 3 is 2.85 bits per heavy atom. The molecule has 0 saturated heterocycles. The number of nitrogens with zero attached hydrogens (tertiary/aromatic N) is 1.